The van der Waals surface area contributed by atoms with Crippen LogP contribution < -0.4 is 0 Å². The molecule has 0 amide bonds. The molecule has 0 unspecified atom stereocenters. The summed E-state index contributed by atoms with van der Waals surface area (Å²) in [5, 5.41) is 11.1. The molecule has 3 nitrogen and oxygen atoms in total. The lowest BCUT2D eigenvalue weighted by atomic mass is 10.0. The fourth-order valence-corrected chi connectivity index (χ4v) is 2.90. The number of nitrogens with zero attached hydrogens (tertiary/aromatic N) is 2. The van der Waals surface area contributed by atoms with E-state index < -0.39 is 0 Å². The molecular weight excluding hydrogens is 220 g/mol. The normalized spacial score (nSPS) is 20.0. The largest absolute Gasteiger partial charge is 0.395 e. The monoisotopic (exact) mass is 244 g/mol. The number of allylic oxidation sites excluding steroid dienone is 1. The second kappa shape index (κ2) is 8.12. The molecule has 16 heavy (non-hydrogen) atoms. The summed E-state index contributed by atoms with van der Waals surface area (Å²) >= 11 is 1.82. The second-order valence-corrected chi connectivity index (χ2v) is 5.09. The van der Waals surface area contributed by atoms with Gasteiger partial charge in [0.25, 0.3) is 0 Å². The van der Waals surface area contributed by atoms with Crippen molar-refractivity contribution in [3.8, 4) is 0 Å². The minimum absolute atomic E-state index is 0.279. The number of likely N-dealkylation sites (N-methyl/N-ethyl adjacent to an activating group) is 1. The Kier molecular flexibility index (Phi) is 7.12. The number of hydrogen-bond donors (Lipinski definition) is 1. The molecule has 0 aromatic rings. The van der Waals surface area contributed by atoms with Gasteiger partial charge < -0.3 is 5.11 Å². The Morgan fingerprint density at radius 3 is 2.62 bits per heavy atom. The minimum Gasteiger partial charge on any atom is -0.395 e. The third-order valence-corrected chi connectivity index (χ3v) is 4.14. The zero-order chi connectivity index (χ0) is 11.8. The Morgan fingerprint density at radius 1 is 1.44 bits per heavy atom. The van der Waals surface area contributed by atoms with Gasteiger partial charge in [0.15, 0.2) is 0 Å². The molecule has 0 saturated carbocycles. The number of rotatable bonds is 6. The van der Waals surface area contributed by atoms with Gasteiger partial charge in [-0.2, -0.15) is 0 Å². The zero-order valence-corrected chi connectivity index (χ0v) is 11.2. The highest BCUT2D eigenvalue weighted by atomic mass is 32.2. The van der Waals surface area contributed by atoms with E-state index >= 15 is 0 Å². The Morgan fingerprint density at radius 2 is 2.12 bits per heavy atom. The smallest absolute Gasteiger partial charge is 0.0558 e. The summed E-state index contributed by atoms with van der Waals surface area (Å²) in [6.45, 7) is 8.69. The predicted molar refractivity (Wildman–Crippen MR) is 71.3 cm³/mol. The number of aliphatic hydroxyl groups is 1. The van der Waals surface area contributed by atoms with Crippen LogP contribution in [-0.2, 0) is 0 Å². The number of aliphatic hydroxyl groups excluding tert-OH is 1. The summed E-state index contributed by atoms with van der Waals surface area (Å²) in [7, 11) is 0. The molecule has 1 heterocycles. The lowest BCUT2D eigenvalue weighted by Crippen LogP contribution is -2.43. The van der Waals surface area contributed by atoms with Crippen LogP contribution >= 0.6 is 11.9 Å². The molecule has 1 N–H and O–H groups in total. The number of hydrogen-bond acceptors (Lipinski definition) is 4. The first-order chi connectivity index (χ1) is 7.81. The van der Waals surface area contributed by atoms with E-state index in [0.29, 0.717) is 6.04 Å². The van der Waals surface area contributed by atoms with E-state index in [0.717, 1.165) is 26.2 Å². The van der Waals surface area contributed by atoms with E-state index in [1.165, 1.54) is 12.8 Å². The highest BCUT2D eigenvalue weighted by Gasteiger charge is 2.22. The van der Waals surface area contributed by atoms with Crippen molar-refractivity contribution in [3.05, 3.63) is 11.5 Å². The van der Waals surface area contributed by atoms with Gasteiger partial charge in [0, 0.05) is 25.7 Å². The molecule has 0 aliphatic carbocycles. The fourth-order valence-electron chi connectivity index (χ4n) is 2.19. The Bertz CT molecular complexity index is 203. The zero-order valence-electron chi connectivity index (χ0n) is 10.4. The van der Waals surface area contributed by atoms with Gasteiger partial charge in [-0.25, -0.2) is 4.31 Å². The van der Waals surface area contributed by atoms with Crippen molar-refractivity contribution in [2.24, 2.45) is 0 Å². The van der Waals surface area contributed by atoms with Crippen LogP contribution in [0.5, 0.6) is 0 Å². The molecular formula is C12H24N2OS. The maximum absolute atomic E-state index is 9.00. The quantitative estimate of drug-likeness (QED) is 0.723. The first-order valence-corrected chi connectivity index (χ1v) is 7.03. The average Bonchev–Trinajstić information content (AvgIpc) is 2.34. The van der Waals surface area contributed by atoms with Gasteiger partial charge in [-0.15, -0.1) is 0 Å². The topological polar surface area (TPSA) is 26.7 Å². The van der Waals surface area contributed by atoms with Crippen LogP contribution in [0.2, 0.25) is 0 Å². The summed E-state index contributed by atoms with van der Waals surface area (Å²) in [5.74, 6) is 0. The fraction of sp³-hybridized carbons (Fsp3) is 0.833. The first-order valence-electron chi connectivity index (χ1n) is 6.19. The lowest BCUT2D eigenvalue weighted by Gasteiger charge is -2.36. The van der Waals surface area contributed by atoms with Crippen LogP contribution in [0, 0.1) is 0 Å². The van der Waals surface area contributed by atoms with Crippen molar-refractivity contribution >= 4 is 11.9 Å². The highest BCUT2D eigenvalue weighted by Crippen LogP contribution is 2.22. The molecule has 1 fully saturated rings. The van der Waals surface area contributed by atoms with Gasteiger partial charge >= 0.3 is 0 Å². The van der Waals surface area contributed by atoms with Gasteiger partial charge in [-0.3, -0.25) is 4.90 Å². The Labute approximate surface area is 104 Å². The van der Waals surface area contributed by atoms with Crippen molar-refractivity contribution < 1.29 is 5.11 Å². The molecule has 1 aliphatic heterocycles. The molecule has 1 aliphatic rings. The maximum Gasteiger partial charge on any atom is 0.0558 e. The average molecular weight is 244 g/mol. The summed E-state index contributed by atoms with van der Waals surface area (Å²) < 4.78 is 2.42. The molecule has 0 spiro atoms. The third-order valence-electron chi connectivity index (χ3n) is 3.08. The van der Waals surface area contributed by atoms with Crippen molar-refractivity contribution in [1.82, 2.24) is 9.21 Å². The summed E-state index contributed by atoms with van der Waals surface area (Å²) in [6.07, 6.45) is 4.53. The molecule has 0 aromatic carbocycles. The Balaban J connectivity index is 2.29. The van der Waals surface area contributed by atoms with Gasteiger partial charge in [-0.05, 0) is 31.7 Å². The predicted octanol–water partition coefficient (Wildman–Crippen LogP) is 1.95. The van der Waals surface area contributed by atoms with Crippen LogP contribution in [0.15, 0.2) is 11.5 Å². The van der Waals surface area contributed by atoms with Gasteiger partial charge in [0.2, 0.25) is 0 Å². The van der Waals surface area contributed by atoms with Crippen molar-refractivity contribution in [2.75, 3.05) is 32.8 Å². The standard InChI is InChI=1S/C12H24N2OS/c1-3-11-16-14-7-5-12(6-8-14)13(4-2)9-10-15/h3,11-12,15H,4-10H2,1-2H3/b11-3+. The summed E-state index contributed by atoms with van der Waals surface area (Å²) in [4.78, 5) is 2.40. The van der Waals surface area contributed by atoms with Gasteiger partial charge in [0.1, 0.15) is 0 Å². The van der Waals surface area contributed by atoms with Crippen molar-refractivity contribution in [1.29, 1.82) is 0 Å². The van der Waals surface area contributed by atoms with Crippen LogP contribution in [0.1, 0.15) is 26.7 Å². The molecule has 0 radical (unpaired) electrons. The minimum atomic E-state index is 0.279. The Hall–Kier alpha value is -0.0300. The van der Waals surface area contributed by atoms with E-state index in [1.807, 2.05) is 11.9 Å². The van der Waals surface area contributed by atoms with E-state index in [2.05, 4.69) is 34.5 Å². The molecule has 1 rings (SSSR count). The van der Waals surface area contributed by atoms with Crippen LogP contribution in [-0.4, -0.2) is 53.1 Å². The SMILES string of the molecule is C/C=C/SN1CCC(N(CC)CCO)CC1. The first kappa shape index (κ1) is 14.0. The molecule has 94 valence electrons. The molecule has 0 bridgehead atoms. The van der Waals surface area contributed by atoms with Crippen LogP contribution in [0.4, 0.5) is 0 Å². The number of piperidine rings is 1. The van der Waals surface area contributed by atoms with E-state index in [1.54, 1.807) is 0 Å². The van der Waals surface area contributed by atoms with Crippen molar-refractivity contribution in [2.45, 2.75) is 32.7 Å². The third kappa shape index (κ3) is 4.45. The highest BCUT2D eigenvalue weighted by molar-refractivity contribution is 7.99. The molecule has 0 atom stereocenters. The summed E-state index contributed by atoms with van der Waals surface area (Å²) in [6, 6.07) is 0.666. The van der Waals surface area contributed by atoms with Gasteiger partial charge in [0.05, 0.1) is 6.61 Å². The van der Waals surface area contributed by atoms with Crippen LogP contribution in [0.25, 0.3) is 0 Å². The molecule has 4 heteroatoms. The van der Waals surface area contributed by atoms with E-state index in [4.69, 9.17) is 5.11 Å². The molecule has 0 aromatic heterocycles. The van der Waals surface area contributed by atoms with E-state index in [-0.39, 0.29) is 6.61 Å². The van der Waals surface area contributed by atoms with Gasteiger partial charge in [-0.1, -0.05) is 24.9 Å². The van der Waals surface area contributed by atoms with Crippen LogP contribution in [0.3, 0.4) is 0 Å². The summed E-state index contributed by atoms with van der Waals surface area (Å²) in [5.41, 5.74) is 0. The lowest BCUT2D eigenvalue weighted by molar-refractivity contribution is 0.121. The van der Waals surface area contributed by atoms with Crippen molar-refractivity contribution in [3.63, 3.8) is 0 Å². The molecule has 1 saturated heterocycles. The second-order valence-electron chi connectivity index (χ2n) is 4.09. The maximum atomic E-state index is 9.00. The van der Waals surface area contributed by atoms with E-state index in [9.17, 15) is 0 Å².